The quantitative estimate of drug-likeness (QED) is 0.910. The number of nitrogens with one attached hydrogen (secondary N) is 1. The van der Waals surface area contributed by atoms with Crippen molar-refractivity contribution in [2.45, 2.75) is 52.2 Å². The first-order valence-corrected chi connectivity index (χ1v) is 7.64. The summed E-state index contributed by atoms with van der Waals surface area (Å²) in [7, 11) is 2.04. The van der Waals surface area contributed by atoms with Gasteiger partial charge in [0.1, 0.15) is 5.82 Å². The van der Waals surface area contributed by atoms with Crippen molar-refractivity contribution in [2.75, 3.05) is 13.6 Å². The zero-order valence-corrected chi connectivity index (χ0v) is 13.3. The van der Waals surface area contributed by atoms with Gasteiger partial charge >= 0.3 is 0 Å². The van der Waals surface area contributed by atoms with E-state index in [9.17, 15) is 4.39 Å². The van der Waals surface area contributed by atoms with Gasteiger partial charge < -0.3 is 5.32 Å². The molecule has 2 nitrogen and oxygen atoms in total. The summed E-state index contributed by atoms with van der Waals surface area (Å²) in [5, 5.41) is 3.41. The maximum atomic E-state index is 13.8. The maximum absolute atomic E-state index is 13.8. The molecule has 0 radical (unpaired) electrons. The van der Waals surface area contributed by atoms with Crippen molar-refractivity contribution in [1.82, 2.24) is 10.2 Å². The molecular weight excluding hydrogens is 251 g/mol. The van der Waals surface area contributed by atoms with Gasteiger partial charge in [0.15, 0.2) is 0 Å². The molecule has 0 aliphatic carbocycles. The highest BCUT2D eigenvalue weighted by molar-refractivity contribution is 5.25. The molecule has 1 aliphatic heterocycles. The van der Waals surface area contributed by atoms with Crippen molar-refractivity contribution in [3.05, 3.63) is 35.1 Å². The molecule has 1 aromatic carbocycles. The minimum absolute atomic E-state index is 0.0971. The highest BCUT2D eigenvalue weighted by atomic mass is 19.1. The normalized spacial score (nSPS) is 29.4. The Balaban J connectivity index is 2.16. The van der Waals surface area contributed by atoms with Crippen molar-refractivity contribution in [3.8, 4) is 0 Å². The van der Waals surface area contributed by atoms with E-state index in [0.717, 1.165) is 24.1 Å². The lowest BCUT2D eigenvalue weighted by Gasteiger charge is -2.45. The van der Waals surface area contributed by atoms with Crippen molar-refractivity contribution in [2.24, 2.45) is 5.92 Å². The largest absolute Gasteiger partial charge is 0.317 e. The summed E-state index contributed by atoms with van der Waals surface area (Å²) >= 11 is 0. The smallest absolute Gasteiger partial charge is 0.126 e. The number of piperidine rings is 1. The Kier molecular flexibility index (Phi) is 4.82. The Labute approximate surface area is 122 Å². The molecule has 1 heterocycles. The van der Waals surface area contributed by atoms with E-state index in [-0.39, 0.29) is 11.9 Å². The molecule has 2 rings (SSSR count). The molecule has 1 fully saturated rings. The third kappa shape index (κ3) is 2.89. The number of halogens is 1. The number of nitrogens with zero attached hydrogens (tertiary/aromatic N) is 1. The van der Waals surface area contributed by atoms with E-state index in [2.05, 4.69) is 37.1 Å². The van der Waals surface area contributed by atoms with E-state index in [4.69, 9.17) is 0 Å². The van der Waals surface area contributed by atoms with Gasteiger partial charge in [-0.1, -0.05) is 19.1 Å². The Hall–Kier alpha value is -0.930. The van der Waals surface area contributed by atoms with Crippen LogP contribution in [0.5, 0.6) is 0 Å². The van der Waals surface area contributed by atoms with Gasteiger partial charge in [0.2, 0.25) is 0 Å². The summed E-state index contributed by atoms with van der Waals surface area (Å²) in [6, 6.07) is 6.99. The highest BCUT2D eigenvalue weighted by Crippen LogP contribution is 2.31. The van der Waals surface area contributed by atoms with Crippen LogP contribution in [0.15, 0.2) is 18.2 Å². The summed E-state index contributed by atoms with van der Waals surface area (Å²) < 4.78 is 13.8. The molecule has 0 aromatic heterocycles. The summed E-state index contributed by atoms with van der Waals surface area (Å²) in [6.07, 6.45) is 1.15. The maximum Gasteiger partial charge on any atom is 0.126 e. The fraction of sp³-hybridized carbons (Fsp3) is 0.647. The van der Waals surface area contributed by atoms with Crippen molar-refractivity contribution < 1.29 is 4.39 Å². The van der Waals surface area contributed by atoms with Crippen LogP contribution in [0.4, 0.5) is 4.39 Å². The number of hydrogen-bond donors (Lipinski definition) is 1. The SMILES string of the molecule is CNC1CCN(C(C)c2ccc(C)c(F)c2)C(C)C1C. The first-order valence-electron chi connectivity index (χ1n) is 7.64. The zero-order valence-electron chi connectivity index (χ0n) is 13.3. The summed E-state index contributed by atoms with van der Waals surface area (Å²) in [6.45, 7) is 9.66. The second-order valence-electron chi connectivity index (χ2n) is 6.21. The van der Waals surface area contributed by atoms with Crippen LogP contribution in [-0.2, 0) is 0 Å². The molecule has 1 aromatic rings. The number of likely N-dealkylation sites (tertiary alicyclic amines) is 1. The molecule has 3 heteroatoms. The lowest BCUT2D eigenvalue weighted by molar-refractivity contribution is 0.0544. The molecule has 1 aliphatic rings. The molecular formula is C17H27FN2. The van der Waals surface area contributed by atoms with Gasteiger partial charge in [-0.05, 0) is 57.4 Å². The second-order valence-corrected chi connectivity index (χ2v) is 6.21. The van der Waals surface area contributed by atoms with E-state index in [1.165, 1.54) is 0 Å². The van der Waals surface area contributed by atoms with Crippen LogP contribution < -0.4 is 5.32 Å². The number of aryl methyl sites for hydroxylation is 1. The molecule has 1 N–H and O–H groups in total. The van der Waals surface area contributed by atoms with Crippen LogP contribution in [0.1, 0.15) is 44.4 Å². The lowest BCUT2D eigenvalue weighted by Crippen LogP contribution is -2.53. The average Bonchev–Trinajstić information content (AvgIpc) is 2.44. The van der Waals surface area contributed by atoms with Crippen molar-refractivity contribution in [3.63, 3.8) is 0 Å². The molecule has 1 saturated heterocycles. The van der Waals surface area contributed by atoms with Crippen LogP contribution in [0, 0.1) is 18.7 Å². The van der Waals surface area contributed by atoms with Gasteiger partial charge in [0.05, 0.1) is 0 Å². The standard InChI is InChI=1S/C17H27FN2/c1-11-6-7-15(10-16(11)18)14(4)20-9-8-17(19-5)12(2)13(20)3/h6-7,10,12-14,17,19H,8-9H2,1-5H3. The van der Waals surface area contributed by atoms with Crippen LogP contribution >= 0.6 is 0 Å². The third-order valence-electron chi connectivity index (χ3n) is 5.16. The van der Waals surface area contributed by atoms with Gasteiger partial charge in [-0.15, -0.1) is 0 Å². The highest BCUT2D eigenvalue weighted by Gasteiger charge is 2.34. The predicted octanol–water partition coefficient (Wildman–Crippen LogP) is 3.51. The Morgan fingerprint density at radius 2 is 2.05 bits per heavy atom. The molecule has 0 bridgehead atoms. The number of benzene rings is 1. The molecule has 4 atom stereocenters. The van der Waals surface area contributed by atoms with Crippen molar-refractivity contribution >= 4 is 0 Å². The van der Waals surface area contributed by atoms with Crippen LogP contribution in [0.3, 0.4) is 0 Å². The van der Waals surface area contributed by atoms with E-state index in [1.54, 1.807) is 6.07 Å². The fourth-order valence-corrected chi connectivity index (χ4v) is 3.41. The minimum Gasteiger partial charge on any atom is -0.317 e. The van der Waals surface area contributed by atoms with Crippen LogP contribution in [-0.4, -0.2) is 30.6 Å². The predicted molar refractivity (Wildman–Crippen MR) is 82.3 cm³/mol. The van der Waals surface area contributed by atoms with E-state index < -0.39 is 0 Å². The first kappa shape index (κ1) is 15.5. The molecule has 0 amide bonds. The van der Waals surface area contributed by atoms with Gasteiger partial charge in [-0.2, -0.15) is 0 Å². The first-order chi connectivity index (χ1) is 9.45. The Bertz CT molecular complexity index is 460. The Morgan fingerprint density at radius 3 is 2.65 bits per heavy atom. The summed E-state index contributed by atoms with van der Waals surface area (Å²) in [4.78, 5) is 2.50. The molecule has 20 heavy (non-hydrogen) atoms. The second kappa shape index (κ2) is 6.23. The molecule has 112 valence electrons. The van der Waals surface area contributed by atoms with E-state index in [1.807, 2.05) is 20.0 Å². The number of rotatable bonds is 3. The Morgan fingerprint density at radius 1 is 1.35 bits per heavy atom. The monoisotopic (exact) mass is 278 g/mol. The van der Waals surface area contributed by atoms with E-state index >= 15 is 0 Å². The van der Waals surface area contributed by atoms with E-state index in [0.29, 0.717) is 18.0 Å². The number of hydrogen-bond acceptors (Lipinski definition) is 2. The van der Waals surface area contributed by atoms with Gasteiger partial charge in [-0.25, -0.2) is 4.39 Å². The summed E-state index contributed by atoms with van der Waals surface area (Å²) in [5.41, 5.74) is 1.80. The van der Waals surface area contributed by atoms with Crippen molar-refractivity contribution in [1.29, 1.82) is 0 Å². The molecule has 0 saturated carbocycles. The topological polar surface area (TPSA) is 15.3 Å². The fourth-order valence-electron chi connectivity index (χ4n) is 3.41. The lowest BCUT2D eigenvalue weighted by atomic mass is 9.85. The van der Waals surface area contributed by atoms with Crippen LogP contribution in [0.2, 0.25) is 0 Å². The molecule has 4 unspecified atom stereocenters. The third-order valence-corrected chi connectivity index (χ3v) is 5.16. The minimum atomic E-state index is -0.0971. The van der Waals surface area contributed by atoms with Gasteiger partial charge in [0.25, 0.3) is 0 Å². The summed E-state index contributed by atoms with van der Waals surface area (Å²) in [5.74, 6) is 0.506. The average molecular weight is 278 g/mol. The zero-order chi connectivity index (χ0) is 14.9. The molecule has 0 spiro atoms. The van der Waals surface area contributed by atoms with Gasteiger partial charge in [0, 0.05) is 24.7 Å². The van der Waals surface area contributed by atoms with Gasteiger partial charge in [-0.3, -0.25) is 4.90 Å². The van der Waals surface area contributed by atoms with Crippen LogP contribution in [0.25, 0.3) is 0 Å².